The third-order valence-electron chi connectivity index (χ3n) is 12.3. The van der Waals surface area contributed by atoms with Gasteiger partial charge in [-0.2, -0.15) is 0 Å². The summed E-state index contributed by atoms with van der Waals surface area (Å²) in [4.78, 5) is 25.4. The molecule has 0 aliphatic rings. The highest BCUT2D eigenvalue weighted by molar-refractivity contribution is 7.45. The van der Waals surface area contributed by atoms with Crippen molar-refractivity contribution in [1.82, 2.24) is 5.32 Å². The monoisotopic (exact) mass is 1050 g/mol. The second kappa shape index (κ2) is 54.4. The second-order valence-electron chi connectivity index (χ2n) is 20.6. The lowest BCUT2D eigenvalue weighted by Crippen LogP contribution is -2.45. The molecule has 0 aliphatic heterocycles. The predicted molar refractivity (Wildman–Crippen MR) is 320 cm³/mol. The topological polar surface area (TPSA) is 108 Å². The Morgan fingerprint density at radius 2 is 0.838 bits per heavy atom. The van der Waals surface area contributed by atoms with E-state index < -0.39 is 26.6 Å². The maximum Gasteiger partial charge on any atom is 0.268 e. The van der Waals surface area contributed by atoms with Crippen molar-refractivity contribution in [1.29, 1.82) is 0 Å². The number of unbranched alkanes of at least 4 members (excludes halogenated alkanes) is 19. The van der Waals surface area contributed by atoms with Crippen molar-refractivity contribution >= 4 is 13.7 Å². The number of carbonyl (C=O) groups is 1. The van der Waals surface area contributed by atoms with Gasteiger partial charge in [-0.15, -0.1) is 0 Å². The van der Waals surface area contributed by atoms with Crippen LogP contribution in [0.4, 0.5) is 0 Å². The minimum absolute atomic E-state index is 0.0146. The Hall–Kier alpha value is -3.36. The molecule has 0 bridgehead atoms. The third kappa shape index (κ3) is 56.4. The van der Waals surface area contributed by atoms with E-state index >= 15 is 0 Å². The van der Waals surface area contributed by atoms with Crippen LogP contribution in [0.1, 0.15) is 219 Å². The summed E-state index contributed by atoms with van der Waals surface area (Å²) in [6, 6.07) is -0.917. The lowest BCUT2D eigenvalue weighted by atomic mass is 10.0. The standard InChI is InChI=1S/C65H111N2O6P/c1-6-8-10-12-14-16-18-20-21-22-23-24-25-26-27-28-29-30-31-32-33-34-35-36-37-38-39-40-41-42-43-44-45-47-49-51-53-55-57-59-65(69)66-63(62-73-74(70,71)72-61-60-67(3,4)5)64(68)58-56-54-52-50-48-46-19-17-15-13-11-9-7-2/h8,10,14-17,20-21,23-24,26-27,29-30,32-33,35-36,48,50,56,58,63-64,68H,6-7,9,11-13,18-19,22,25,28,31,34,37-47,49,51-55,57,59-62H2,1-5H3,(H-,66,69,70,71)/b10-8-,16-14-,17-15+,21-20-,24-23-,27-26-,30-29-,33-32-,36-35-,50-48+,58-56+. The summed E-state index contributed by atoms with van der Waals surface area (Å²) in [6.45, 7) is 4.45. The number of likely N-dealkylation sites (N-methyl/N-ethyl adjacent to an activating group) is 1. The maximum absolute atomic E-state index is 12.9. The predicted octanol–water partition coefficient (Wildman–Crippen LogP) is 17.7. The molecule has 0 fully saturated rings. The zero-order valence-electron chi connectivity index (χ0n) is 48.0. The van der Waals surface area contributed by atoms with Crippen molar-refractivity contribution in [3.05, 3.63) is 134 Å². The Kier molecular flexibility index (Phi) is 52.0. The summed E-state index contributed by atoms with van der Waals surface area (Å²) >= 11 is 0. The van der Waals surface area contributed by atoms with Gasteiger partial charge in [0.1, 0.15) is 13.2 Å². The summed E-state index contributed by atoms with van der Waals surface area (Å²) in [5, 5.41) is 13.8. The van der Waals surface area contributed by atoms with Crippen molar-refractivity contribution in [2.75, 3.05) is 40.9 Å². The van der Waals surface area contributed by atoms with Gasteiger partial charge in [0, 0.05) is 6.42 Å². The van der Waals surface area contributed by atoms with Crippen LogP contribution in [-0.4, -0.2) is 68.5 Å². The van der Waals surface area contributed by atoms with Gasteiger partial charge in [0.05, 0.1) is 39.9 Å². The molecule has 0 heterocycles. The van der Waals surface area contributed by atoms with E-state index in [1.54, 1.807) is 6.08 Å². The molecule has 1 amide bonds. The minimum atomic E-state index is -4.61. The first-order valence-electron chi connectivity index (χ1n) is 29.5. The van der Waals surface area contributed by atoms with Gasteiger partial charge < -0.3 is 28.8 Å². The molecule has 3 atom stereocenters. The molecule has 0 aliphatic carbocycles. The molecule has 74 heavy (non-hydrogen) atoms. The lowest BCUT2D eigenvalue weighted by molar-refractivity contribution is -0.870. The van der Waals surface area contributed by atoms with Gasteiger partial charge in [-0.1, -0.05) is 237 Å². The molecule has 0 radical (unpaired) electrons. The molecule has 8 nitrogen and oxygen atoms in total. The minimum Gasteiger partial charge on any atom is -0.756 e. The summed E-state index contributed by atoms with van der Waals surface area (Å²) < 4.78 is 23.3. The van der Waals surface area contributed by atoms with Crippen LogP contribution in [0, 0.1) is 0 Å². The fourth-order valence-electron chi connectivity index (χ4n) is 7.73. The number of hydrogen-bond acceptors (Lipinski definition) is 6. The molecule has 3 unspecified atom stereocenters. The first-order chi connectivity index (χ1) is 36.0. The van der Waals surface area contributed by atoms with Crippen molar-refractivity contribution < 1.29 is 32.9 Å². The summed E-state index contributed by atoms with van der Waals surface area (Å²) in [5.74, 6) is -0.218. The summed E-state index contributed by atoms with van der Waals surface area (Å²) in [7, 11) is 1.22. The third-order valence-corrected chi connectivity index (χ3v) is 13.3. The number of hydrogen-bond donors (Lipinski definition) is 2. The number of nitrogens with zero attached hydrogens (tertiary/aromatic N) is 1. The first kappa shape index (κ1) is 70.6. The van der Waals surface area contributed by atoms with E-state index in [0.29, 0.717) is 17.4 Å². The van der Waals surface area contributed by atoms with E-state index in [4.69, 9.17) is 9.05 Å². The molecular weight excluding hydrogens is 936 g/mol. The van der Waals surface area contributed by atoms with Crippen LogP contribution >= 0.6 is 7.82 Å². The normalized spacial score (nSPS) is 14.9. The number of amides is 1. The van der Waals surface area contributed by atoms with Crippen molar-refractivity contribution in [2.24, 2.45) is 0 Å². The molecule has 9 heteroatoms. The van der Waals surface area contributed by atoms with E-state index in [9.17, 15) is 19.4 Å². The van der Waals surface area contributed by atoms with Crippen LogP contribution in [0.2, 0.25) is 0 Å². The highest BCUT2D eigenvalue weighted by Crippen LogP contribution is 2.38. The first-order valence-corrected chi connectivity index (χ1v) is 31.0. The van der Waals surface area contributed by atoms with E-state index in [1.807, 2.05) is 27.2 Å². The van der Waals surface area contributed by atoms with Crippen molar-refractivity contribution in [2.45, 2.75) is 231 Å². The average molecular weight is 1050 g/mol. The quantitative estimate of drug-likeness (QED) is 0.0272. The Balaban J connectivity index is 4.06. The van der Waals surface area contributed by atoms with Crippen LogP contribution in [0.15, 0.2) is 134 Å². The van der Waals surface area contributed by atoms with Gasteiger partial charge in [-0.3, -0.25) is 9.36 Å². The van der Waals surface area contributed by atoms with E-state index in [0.717, 1.165) is 103 Å². The fourth-order valence-corrected chi connectivity index (χ4v) is 8.45. The van der Waals surface area contributed by atoms with Crippen LogP contribution < -0.4 is 10.2 Å². The molecule has 0 rings (SSSR count). The molecule has 2 N–H and O–H groups in total. The number of nitrogens with one attached hydrogen (secondary N) is 1. The average Bonchev–Trinajstić information content (AvgIpc) is 3.36. The SMILES string of the molecule is CC/C=C\C/C=C\C/C=C\C/C=C\C/C=C\C/C=C\C/C=C\C/C=C\CCCCCCCCCCCCCCCCC(=O)NC(COP(=O)([O-])OCC[N+](C)(C)C)C(O)/C=C/CC/C=C/CC/C=C/CCCCC. The van der Waals surface area contributed by atoms with Gasteiger partial charge >= 0.3 is 0 Å². The Morgan fingerprint density at radius 3 is 1.26 bits per heavy atom. The Labute approximate surface area is 456 Å². The second-order valence-corrected chi connectivity index (χ2v) is 22.0. The van der Waals surface area contributed by atoms with Crippen molar-refractivity contribution in [3.63, 3.8) is 0 Å². The van der Waals surface area contributed by atoms with Crippen LogP contribution in [0.5, 0.6) is 0 Å². The van der Waals surface area contributed by atoms with Gasteiger partial charge in [0.15, 0.2) is 0 Å². The van der Waals surface area contributed by atoms with Gasteiger partial charge in [-0.05, 0) is 109 Å². The highest BCUT2D eigenvalue weighted by Gasteiger charge is 2.23. The zero-order valence-corrected chi connectivity index (χ0v) is 48.9. The molecular formula is C65H111N2O6P. The summed E-state index contributed by atoms with van der Waals surface area (Å²) in [5.41, 5.74) is 0. The van der Waals surface area contributed by atoms with Gasteiger partial charge in [0.25, 0.3) is 7.82 Å². The molecule has 0 aromatic heterocycles. The number of allylic oxidation sites excluding steroid dienone is 21. The number of rotatable bonds is 52. The Bertz CT molecular complexity index is 1660. The number of phosphoric acid groups is 1. The van der Waals surface area contributed by atoms with Gasteiger partial charge in [0.2, 0.25) is 5.91 Å². The number of aliphatic hydroxyl groups is 1. The van der Waals surface area contributed by atoms with Crippen LogP contribution in [0.25, 0.3) is 0 Å². The Morgan fingerprint density at radius 1 is 0.486 bits per heavy atom. The molecule has 0 saturated heterocycles. The fraction of sp³-hybridized carbons (Fsp3) is 0.646. The molecule has 422 valence electrons. The van der Waals surface area contributed by atoms with Gasteiger partial charge in [-0.25, -0.2) is 0 Å². The maximum atomic E-state index is 12.9. The van der Waals surface area contributed by atoms with Crippen LogP contribution in [-0.2, 0) is 18.4 Å². The largest absolute Gasteiger partial charge is 0.756 e. The molecule has 0 aromatic carbocycles. The smallest absolute Gasteiger partial charge is 0.268 e. The molecule has 0 spiro atoms. The molecule has 0 saturated carbocycles. The summed E-state index contributed by atoms with van der Waals surface area (Å²) in [6.07, 6.45) is 82.6. The number of carbonyl (C=O) groups excluding carboxylic acids is 1. The van der Waals surface area contributed by atoms with E-state index in [1.165, 1.54) is 96.3 Å². The lowest BCUT2D eigenvalue weighted by Gasteiger charge is -2.29. The number of aliphatic hydroxyl groups excluding tert-OH is 1. The zero-order chi connectivity index (χ0) is 54.2. The van der Waals surface area contributed by atoms with E-state index in [-0.39, 0.29) is 12.5 Å². The molecule has 0 aromatic rings. The van der Waals surface area contributed by atoms with Crippen LogP contribution in [0.3, 0.4) is 0 Å². The number of quaternary nitrogens is 1. The van der Waals surface area contributed by atoms with E-state index in [2.05, 4.69) is 141 Å². The highest BCUT2D eigenvalue weighted by atomic mass is 31.2. The number of phosphoric ester groups is 1. The van der Waals surface area contributed by atoms with Crippen molar-refractivity contribution in [3.8, 4) is 0 Å².